The molecule has 2 fully saturated rings. The molecule has 1 saturated carbocycles. The van der Waals surface area contributed by atoms with Gasteiger partial charge in [-0.25, -0.2) is 0 Å². The maximum Gasteiger partial charge on any atom is 0.0495 e. The average Bonchev–Trinajstić information content (AvgIpc) is 2.80. The van der Waals surface area contributed by atoms with Gasteiger partial charge < -0.3 is 10.1 Å². The van der Waals surface area contributed by atoms with Crippen molar-refractivity contribution in [3.05, 3.63) is 0 Å². The number of hydrogen-bond acceptors (Lipinski definition) is 2. The third kappa shape index (κ3) is 3.18. The van der Waals surface area contributed by atoms with Crippen molar-refractivity contribution in [1.82, 2.24) is 5.32 Å². The van der Waals surface area contributed by atoms with E-state index < -0.39 is 0 Å². The molecule has 0 bridgehead atoms. The third-order valence-electron chi connectivity index (χ3n) is 4.20. The van der Waals surface area contributed by atoms with Gasteiger partial charge in [0.2, 0.25) is 0 Å². The molecule has 2 unspecified atom stereocenters. The highest BCUT2D eigenvalue weighted by Gasteiger charge is 2.26. The molecule has 0 aromatic heterocycles. The Morgan fingerprint density at radius 1 is 1.20 bits per heavy atom. The van der Waals surface area contributed by atoms with E-state index >= 15 is 0 Å². The minimum Gasteiger partial charge on any atom is -0.381 e. The summed E-state index contributed by atoms with van der Waals surface area (Å²) in [4.78, 5) is 0. The molecule has 1 aliphatic heterocycles. The van der Waals surface area contributed by atoms with Crippen molar-refractivity contribution in [2.45, 2.75) is 51.0 Å². The average molecular weight is 211 g/mol. The Hall–Kier alpha value is -0.0800. The van der Waals surface area contributed by atoms with Gasteiger partial charge in [-0.15, -0.1) is 0 Å². The van der Waals surface area contributed by atoms with Crippen LogP contribution in [-0.4, -0.2) is 26.3 Å². The maximum atomic E-state index is 5.46. The molecule has 2 nitrogen and oxygen atoms in total. The summed E-state index contributed by atoms with van der Waals surface area (Å²) < 4.78 is 5.46. The predicted octanol–water partition coefficient (Wildman–Crippen LogP) is 2.58. The Morgan fingerprint density at radius 3 is 2.60 bits per heavy atom. The Bertz CT molecular complexity index is 171. The third-order valence-corrected chi connectivity index (χ3v) is 4.20. The number of rotatable bonds is 4. The van der Waals surface area contributed by atoms with Crippen molar-refractivity contribution in [1.29, 1.82) is 0 Å². The van der Waals surface area contributed by atoms with Crippen LogP contribution in [0.1, 0.15) is 44.9 Å². The fourth-order valence-corrected chi connectivity index (χ4v) is 3.21. The van der Waals surface area contributed by atoms with Crippen LogP contribution in [0.25, 0.3) is 0 Å². The largest absolute Gasteiger partial charge is 0.381 e. The molecule has 2 heteroatoms. The van der Waals surface area contributed by atoms with E-state index in [4.69, 9.17) is 4.74 Å². The first-order chi connectivity index (χ1) is 7.40. The lowest BCUT2D eigenvalue weighted by Crippen LogP contribution is -2.36. The summed E-state index contributed by atoms with van der Waals surface area (Å²) in [5.41, 5.74) is 0. The SMILES string of the molecule is CNC(CC1CCOC1)C1CCCCC1. The summed E-state index contributed by atoms with van der Waals surface area (Å²) >= 11 is 0. The highest BCUT2D eigenvalue weighted by molar-refractivity contribution is 4.81. The summed E-state index contributed by atoms with van der Waals surface area (Å²) in [6.45, 7) is 2.00. The lowest BCUT2D eigenvalue weighted by molar-refractivity contribution is 0.174. The molecular formula is C13H25NO. The number of ether oxygens (including phenoxy) is 1. The Balaban J connectivity index is 1.79. The molecule has 88 valence electrons. The lowest BCUT2D eigenvalue weighted by atomic mass is 9.80. The summed E-state index contributed by atoms with van der Waals surface area (Å²) in [6.07, 6.45) is 9.86. The molecule has 0 aromatic carbocycles. The second-order valence-corrected chi connectivity index (χ2v) is 5.26. The van der Waals surface area contributed by atoms with Gasteiger partial charge in [0.25, 0.3) is 0 Å². The van der Waals surface area contributed by atoms with Gasteiger partial charge in [-0.3, -0.25) is 0 Å². The second-order valence-electron chi connectivity index (χ2n) is 5.26. The molecule has 1 N–H and O–H groups in total. The summed E-state index contributed by atoms with van der Waals surface area (Å²) in [6, 6.07) is 0.747. The lowest BCUT2D eigenvalue weighted by Gasteiger charge is -2.31. The van der Waals surface area contributed by atoms with Crippen LogP contribution in [0.3, 0.4) is 0 Å². The van der Waals surface area contributed by atoms with Crippen LogP contribution in [0, 0.1) is 11.8 Å². The fourth-order valence-electron chi connectivity index (χ4n) is 3.21. The van der Waals surface area contributed by atoms with Crippen molar-refractivity contribution in [3.8, 4) is 0 Å². The maximum absolute atomic E-state index is 5.46. The van der Waals surface area contributed by atoms with Crippen LogP contribution in [-0.2, 0) is 4.74 Å². The molecule has 1 heterocycles. The van der Waals surface area contributed by atoms with Gasteiger partial charge in [0, 0.05) is 19.3 Å². The summed E-state index contributed by atoms with van der Waals surface area (Å²) in [5.74, 6) is 1.76. The normalized spacial score (nSPS) is 30.6. The molecule has 0 spiro atoms. The molecule has 1 aliphatic carbocycles. The predicted molar refractivity (Wildman–Crippen MR) is 63.0 cm³/mol. The van der Waals surface area contributed by atoms with Crippen molar-refractivity contribution < 1.29 is 4.74 Å². The first kappa shape index (κ1) is 11.4. The molecule has 1 saturated heterocycles. The van der Waals surface area contributed by atoms with E-state index in [1.807, 2.05) is 0 Å². The quantitative estimate of drug-likeness (QED) is 0.771. The Kier molecular flexibility index (Phi) is 4.45. The van der Waals surface area contributed by atoms with E-state index in [0.29, 0.717) is 0 Å². The van der Waals surface area contributed by atoms with Crippen molar-refractivity contribution in [2.24, 2.45) is 11.8 Å². The van der Waals surface area contributed by atoms with Crippen molar-refractivity contribution in [3.63, 3.8) is 0 Å². The van der Waals surface area contributed by atoms with E-state index in [-0.39, 0.29) is 0 Å². The summed E-state index contributed by atoms with van der Waals surface area (Å²) in [7, 11) is 2.13. The van der Waals surface area contributed by atoms with Crippen molar-refractivity contribution >= 4 is 0 Å². The smallest absolute Gasteiger partial charge is 0.0495 e. The molecule has 0 aromatic rings. The molecule has 2 aliphatic rings. The van der Waals surface area contributed by atoms with Crippen LogP contribution in [0.15, 0.2) is 0 Å². The molecule has 0 amide bonds. The highest BCUT2D eigenvalue weighted by Crippen LogP contribution is 2.30. The number of hydrogen-bond donors (Lipinski definition) is 1. The van der Waals surface area contributed by atoms with E-state index in [9.17, 15) is 0 Å². The van der Waals surface area contributed by atoms with Gasteiger partial charge in [-0.1, -0.05) is 19.3 Å². The van der Waals surface area contributed by atoms with E-state index in [1.165, 1.54) is 44.9 Å². The van der Waals surface area contributed by atoms with Crippen LogP contribution in [0.2, 0.25) is 0 Å². The zero-order chi connectivity index (χ0) is 10.5. The first-order valence-electron chi connectivity index (χ1n) is 6.65. The molecule has 0 radical (unpaired) electrons. The van der Waals surface area contributed by atoms with Gasteiger partial charge in [0.15, 0.2) is 0 Å². The molecule has 2 rings (SSSR count). The van der Waals surface area contributed by atoms with Gasteiger partial charge in [0.1, 0.15) is 0 Å². The zero-order valence-corrected chi connectivity index (χ0v) is 10.0. The van der Waals surface area contributed by atoms with Gasteiger partial charge in [0.05, 0.1) is 0 Å². The molecule has 2 atom stereocenters. The zero-order valence-electron chi connectivity index (χ0n) is 10.0. The van der Waals surface area contributed by atoms with Crippen molar-refractivity contribution in [2.75, 3.05) is 20.3 Å². The standard InChI is InChI=1S/C13H25NO/c1-14-13(9-11-7-8-15-10-11)12-5-3-2-4-6-12/h11-14H,2-10H2,1H3. The Morgan fingerprint density at radius 2 is 2.00 bits per heavy atom. The first-order valence-corrected chi connectivity index (χ1v) is 6.65. The topological polar surface area (TPSA) is 21.3 Å². The highest BCUT2D eigenvalue weighted by atomic mass is 16.5. The minimum absolute atomic E-state index is 0.747. The van der Waals surface area contributed by atoms with Crippen LogP contribution in [0.5, 0.6) is 0 Å². The number of nitrogens with one attached hydrogen (secondary N) is 1. The van der Waals surface area contributed by atoms with E-state index in [2.05, 4.69) is 12.4 Å². The molecule has 15 heavy (non-hydrogen) atoms. The van der Waals surface area contributed by atoms with Gasteiger partial charge in [-0.2, -0.15) is 0 Å². The summed E-state index contributed by atoms with van der Waals surface area (Å²) in [5, 5.41) is 3.54. The van der Waals surface area contributed by atoms with Gasteiger partial charge >= 0.3 is 0 Å². The van der Waals surface area contributed by atoms with Crippen LogP contribution >= 0.6 is 0 Å². The molecular weight excluding hydrogens is 186 g/mol. The van der Waals surface area contributed by atoms with Crippen LogP contribution in [0.4, 0.5) is 0 Å². The minimum atomic E-state index is 0.747. The van der Waals surface area contributed by atoms with E-state index in [1.54, 1.807) is 0 Å². The fraction of sp³-hybridized carbons (Fsp3) is 1.00. The monoisotopic (exact) mass is 211 g/mol. The van der Waals surface area contributed by atoms with E-state index in [0.717, 1.165) is 31.1 Å². The van der Waals surface area contributed by atoms with Crippen LogP contribution < -0.4 is 5.32 Å². The second kappa shape index (κ2) is 5.86. The van der Waals surface area contributed by atoms with Gasteiger partial charge in [-0.05, 0) is 44.6 Å². The Labute approximate surface area is 93.8 Å².